The van der Waals surface area contributed by atoms with E-state index in [-0.39, 0.29) is 35.2 Å². The van der Waals surface area contributed by atoms with Gasteiger partial charge in [-0.1, -0.05) is 62.4 Å². The molecule has 3 aromatic carbocycles. The summed E-state index contributed by atoms with van der Waals surface area (Å²) in [5, 5.41) is 13.9. The maximum atomic E-state index is 14.2. The Bertz CT molecular complexity index is 1420. The van der Waals surface area contributed by atoms with Gasteiger partial charge in [-0.05, 0) is 72.3 Å². The van der Waals surface area contributed by atoms with Crippen molar-refractivity contribution in [1.29, 1.82) is 0 Å². The van der Waals surface area contributed by atoms with Crippen molar-refractivity contribution >= 4 is 22.6 Å². The van der Waals surface area contributed by atoms with Gasteiger partial charge in [0, 0.05) is 49.5 Å². The van der Waals surface area contributed by atoms with Crippen LogP contribution in [0.15, 0.2) is 79.4 Å². The Morgan fingerprint density at radius 3 is 2.63 bits per heavy atom. The van der Waals surface area contributed by atoms with E-state index in [9.17, 15) is 14.7 Å². The van der Waals surface area contributed by atoms with Gasteiger partial charge in [0.25, 0.3) is 5.91 Å². The maximum Gasteiger partial charge on any atom is 0.308 e. The molecule has 1 saturated heterocycles. The van der Waals surface area contributed by atoms with Gasteiger partial charge < -0.3 is 14.7 Å². The third-order valence-corrected chi connectivity index (χ3v) is 8.93. The number of nitrogens with zero attached hydrogens (tertiary/aromatic N) is 2. The lowest BCUT2D eigenvalue weighted by molar-refractivity contribution is -0.131. The number of hydrogen-bond acceptors (Lipinski definition) is 5. The van der Waals surface area contributed by atoms with Gasteiger partial charge in [-0.2, -0.15) is 0 Å². The Morgan fingerprint density at radius 2 is 1.90 bits per heavy atom. The molecule has 2 aliphatic rings. The van der Waals surface area contributed by atoms with Crippen molar-refractivity contribution in [3.63, 3.8) is 0 Å². The van der Waals surface area contributed by atoms with E-state index in [1.54, 1.807) is 6.07 Å². The highest BCUT2D eigenvalue weighted by Crippen LogP contribution is 2.51. The molecule has 1 heterocycles. The van der Waals surface area contributed by atoms with E-state index in [1.807, 2.05) is 59.5 Å². The number of aliphatic hydroxyl groups is 1. The summed E-state index contributed by atoms with van der Waals surface area (Å²) in [4.78, 5) is 30.3. The van der Waals surface area contributed by atoms with E-state index in [0.717, 1.165) is 48.8 Å². The SMILES string of the molecule is C=CCN1CC[C@@]2(c3cccc(OC(C)=O)c3)C[C@H](N(CC(C)C)C(=O)c3ccc4ccccc4c3)CC(O)[C@@H]2C1. The normalized spacial score (nSPS) is 24.6. The summed E-state index contributed by atoms with van der Waals surface area (Å²) in [6.07, 6.45) is 3.44. The monoisotopic (exact) mass is 554 g/mol. The van der Waals surface area contributed by atoms with Crippen molar-refractivity contribution in [2.45, 2.75) is 57.6 Å². The number of carbonyl (C=O) groups excluding carboxylic acids is 2. The molecule has 6 nitrogen and oxygen atoms in total. The summed E-state index contributed by atoms with van der Waals surface area (Å²) in [6.45, 7) is 12.6. The van der Waals surface area contributed by atoms with Crippen molar-refractivity contribution in [2.75, 3.05) is 26.2 Å². The highest BCUT2D eigenvalue weighted by Gasteiger charge is 2.53. The minimum absolute atomic E-state index is 0.00742. The average molecular weight is 555 g/mol. The molecule has 2 fully saturated rings. The zero-order chi connectivity index (χ0) is 29.1. The topological polar surface area (TPSA) is 70.1 Å². The maximum absolute atomic E-state index is 14.2. The fourth-order valence-corrected chi connectivity index (χ4v) is 7.15. The standard InChI is InChI=1S/C35H42N2O4/c1-5-16-36-17-15-35(29-11-8-12-31(19-29)41-25(4)38)21-30(20-33(39)32(35)23-36)37(22-24(2)3)34(40)28-14-13-26-9-6-7-10-27(26)18-28/h5-14,18-19,24,30,32-33,39H,1,15-17,20-23H2,2-4H3/t30-,32+,33?,35+/m1/s1. The van der Waals surface area contributed by atoms with Gasteiger partial charge in [0.15, 0.2) is 0 Å². The largest absolute Gasteiger partial charge is 0.427 e. The molecule has 216 valence electrons. The summed E-state index contributed by atoms with van der Waals surface area (Å²) in [7, 11) is 0. The second kappa shape index (κ2) is 12.2. The summed E-state index contributed by atoms with van der Waals surface area (Å²) in [5.74, 6) is 0.416. The van der Waals surface area contributed by atoms with Crippen molar-refractivity contribution in [3.05, 3.63) is 90.5 Å². The molecule has 0 bridgehead atoms. The fourth-order valence-electron chi connectivity index (χ4n) is 7.15. The second-order valence-electron chi connectivity index (χ2n) is 12.3. The van der Waals surface area contributed by atoms with Crippen molar-refractivity contribution < 1.29 is 19.4 Å². The van der Waals surface area contributed by atoms with Crippen LogP contribution in [0, 0.1) is 11.8 Å². The highest BCUT2D eigenvalue weighted by atomic mass is 16.5. The summed E-state index contributed by atoms with van der Waals surface area (Å²) < 4.78 is 5.48. The van der Waals surface area contributed by atoms with Gasteiger partial charge in [-0.3, -0.25) is 14.5 Å². The predicted octanol–water partition coefficient (Wildman–Crippen LogP) is 5.83. The van der Waals surface area contributed by atoms with E-state index in [1.165, 1.54) is 6.92 Å². The number of esters is 1. The van der Waals surface area contributed by atoms with Crippen molar-refractivity contribution in [3.8, 4) is 5.75 Å². The summed E-state index contributed by atoms with van der Waals surface area (Å²) in [6, 6.07) is 21.7. The van der Waals surface area contributed by atoms with Gasteiger partial charge in [0.1, 0.15) is 5.75 Å². The van der Waals surface area contributed by atoms with Crippen LogP contribution < -0.4 is 4.74 Å². The van der Waals surface area contributed by atoms with Crippen molar-refractivity contribution in [2.24, 2.45) is 11.8 Å². The van der Waals surface area contributed by atoms with Crippen LogP contribution >= 0.6 is 0 Å². The van der Waals surface area contributed by atoms with Crippen LogP contribution in [0.5, 0.6) is 5.75 Å². The molecule has 1 saturated carbocycles. The lowest BCUT2D eigenvalue weighted by Crippen LogP contribution is -2.61. The zero-order valence-electron chi connectivity index (χ0n) is 24.5. The Morgan fingerprint density at radius 1 is 1.12 bits per heavy atom. The van der Waals surface area contributed by atoms with E-state index in [0.29, 0.717) is 24.3 Å². The van der Waals surface area contributed by atoms with Crippen LogP contribution in [0.2, 0.25) is 0 Å². The average Bonchev–Trinajstić information content (AvgIpc) is 2.95. The molecule has 5 rings (SSSR count). The van der Waals surface area contributed by atoms with E-state index in [4.69, 9.17) is 4.74 Å². The molecule has 41 heavy (non-hydrogen) atoms. The summed E-state index contributed by atoms with van der Waals surface area (Å²) >= 11 is 0. The van der Waals surface area contributed by atoms with E-state index >= 15 is 0 Å². The Kier molecular flexibility index (Phi) is 8.62. The number of rotatable bonds is 8. The number of carbonyl (C=O) groups is 2. The first-order chi connectivity index (χ1) is 19.7. The van der Waals surface area contributed by atoms with Crippen LogP contribution in [-0.2, 0) is 10.2 Å². The first-order valence-corrected chi connectivity index (χ1v) is 14.8. The van der Waals surface area contributed by atoms with Gasteiger partial charge in [-0.25, -0.2) is 0 Å². The Balaban J connectivity index is 1.54. The molecule has 1 aliphatic carbocycles. The zero-order valence-corrected chi connectivity index (χ0v) is 24.5. The minimum atomic E-state index is -0.585. The number of ether oxygens (including phenoxy) is 1. The fraction of sp³-hybridized carbons (Fsp3) is 0.429. The van der Waals surface area contributed by atoms with Gasteiger partial charge >= 0.3 is 5.97 Å². The summed E-state index contributed by atoms with van der Waals surface area (Å²) in [5.41, 5.74) is 1.37. The Labute approximate surface area is 243 Å². The van der Waals surface area contributed by atoms with Crippen LogP contribution in [0.25, 0.3) is 10.8 Å². The van der Waals surface area contributed by atoms with Crippen molar-refractivity contribution in [1.82, 2.24) is 9.80 Å². The quantitative estimate of drug-likeness (QED) is 0.216. The number of hydrogen-bond donors (Lipinski definition) is 1. The second-order valence-corrected chi connectivity index (χ2v) is 12.3. The Hall–Kier alpha value is -3.48. The number of fused-ring (bicyclic) bond motifs is 2. The number of aliphatic hydroxyl groups excluding tert-OH is 1. The third kappa shape index (κ3) is 6.09. The number of amides is 1. The van der Waals surface area contributed by atoms with Gasteiger partial charge in [0.2, 0.25) is 0 Å². The number of benzene rings is 3. The first-order valence-electron chi connectivity index (χ1n) is 14.8. The first kappa shape index (κ1) is 29.0. The molecule has 3 aromatic rings. The number of piperidine rings is 1. The van der Waals surface area contributed by atoms with E-state index < -0.39 is 6.10 Å². The molecule has 1 aliphatic heterocycles. The van der Waals surface area contributed by atoms with E-state index in [2.05, 4.69) is 37.5 Å². The van der Waals surface area contributed by atoms with Crippen LogP contribution in [0.1, 0.15) is 56.0 Å². The van der Waals surface area contributed by atoms with Gasteiger partial charge in [-0.15, -0.1) is 6.58 Å². The molecule has 1 N–H and O–H groups in total. The predicted molar refractivity (Wildman–Crippen MR) is 163 cm³/mol. The number of likely N-dealkylation sites (tertiary alicyclic amines) is 1. The minimum Gasteiger partial charge on any atom is -0.427 e. The molecule has 0 radical (unpaired) electrons. The smallest absolute Gasteiger partial charge is 0.308 e. The van der Waals surface area contributed by atoms with Crippen LogP contribution in [-0.4, -0.2) is 65.1 Å². The lowest BCUT2D eigenvalue weighted by atomic mass is 9.56. The molecule has 1 amide bonds. The molecule has 6 heteroatoms. The highest BCUT2D eigenvalue weighted by molar-refractivity contribution is 5.98. The lowest BCUT2D eigenvalue weighted by Gasteiger charge is -2.56. The molecule has 0 spiro atoms. The molecule has 0 aromatic heterocycles. The molecule has 4 atom stereocenters. The molecular weight excluding hydrogens is 512 g/mol. The van der Waals surface area contributed by atoms with Gasteiger partial charge in [0.05, 0.1) is 6.10 Å². The molecule has 1 unspecified atom stereocenters. The van der Waals surface area contributed by atoms with Crippen LogP contribution in [0.4, 0.5) is 0 Å². The molecular formula is C35H42N2O4. The van der Waals surface area contributed by atoms with Crippen LogP contribution in [0.3, 0.4) is 0 Å². The third-order valence-electron chi connectivity index (χ3n) is 8.93.